The Bertz CT molecular complexity index is 1600. The highest BCUT2D eigenvalue weighted by Gasteiger charge is 2.28. The van der Waals surface area contributed by atoms with Gasteiger partial charge in [-0.3, -0.25) is 14.5 Å². The molecule has 2 amide bonds. The van der Waals surface area contributed by atoms with Crippen LogP contribution >= 0.6 is 0 Å². The molecule has 4 aromatic carbocycles. The highest BCUT2D eigenvalue weighted by molar-refractivity contribution is 6.02. The maximum Gasteiger partial charge on any atom is 0.339 e. The van der Waals surface area contributed by atoms with Gasteiger partial charge in [0.05, 0.1) is 24.4 Å². The first kappa shape index (κ1) is 31.5. The second-order valence-electron chi connectivity index (χ2n) is 10.6. The van der Waals surface area contributed by atoms with E-state index >= 15 is 0 Å². The number of hydrogen-bond acceptors (Lipinski definition) is 6. The summed E-state index contributed by atoms with van der Waals surface area (Å²) in [6, 6.07) is 28.0. The van der Waals surface area contributed by atoms with Crippen molar-refractivity contribution in [3.05, 3.63) is 125 Å². The van der Waals surface area contributed by atoms with Gasteiger partial charge in [0.15, 0.2) is 0 Å². The summed E-state index contributed by atoms with van der Waals surface area (Å²) in [6.07, 6.45) is 0. The first-order valence-electron chi connectivity index (χ1n) is 14.5. The summed E-state index contributed by atoms with van der Waals surface area (Å²) < 4.78 is 37.9. The van der Waals surface area contributed by atoms with E-state index in [4.69, 9.17) is 9.47 Å². The van der Waals surface area contributed by atoms with Gasteiger partial charge >= 0.3 is 5.97 Å². The molecule has 10 heteroatoms. The zero-order chi connectivity index (χ0) is 31.8. The van der Waals surface area contributed by atoms with E-state index in [0.29, 0.717) is 31.7 Å². The monoisotopic (exact) mass is 613 g/mol. The number of benzene rings is 4. The van der Waals surface area contributed by atoms with Gasteiger partial charge in [-0.25, -0.2) is 13.6 Å². The van der Waals surface area contributed by atoms with Crippen molar-refractivity contribution in [2.45, 2.75) is 6.04 Å². The molecule has 8 nitrogen and oxygen atoms in total. The molecule has 1 saturated heterocycles. The summed E-state index contributed by atoms with van der Waals surface area (Å²) in [7, 11) is 1.18. The Hall–Kier alpha value is -4.93. The predicted octanol–water partition coefficient (Wildman–Crippen LogP) is 5.31. The summed E-state index contributed by atoms with van der Waals surface area (Å²) in [5, 5.41) is 2.58. The summed E-state index contributed by atoms with van der Waals surface area (Å²) in [6.45, 7) is 1.69. The molecule has 4 aromatic rings. The van der Waals surface area contributed by atoms with Gasteiger partial charge in [0, 0.05) is 37.8 Å². The summed E-state index contributed by atoms with van der Waals surface area (Å²) in [5.74, 6) is -3.10. The lowest BCUT2D eigenvalue weighted by atomic mass is 9.96. The molecule has 0 aliphatic carbocycles. The maximum atomic E-state index is 14.3. The van der Waals surface area contributed by atoms with Crippen LogP contribution in [-0.2, 0) is 19.1 Å². The normalized spacial score (nSPS) is 13.5. The molecule has 1 aliphatic heterocycles. The molecule has 0 unspecified atom stereocenters. The van der Waals surface area contributed by atoms with Crippen LogP contribution in [0.15, 0.2) is 97.1 Å². The lowest BCUT2D eigenvalue weighted by Gasteiger charge is -2.39. The average molecular weight is 614 g/mol. The van der Waals surface area contributed by atoms with E-state index in [2.05, 4.69) is 34.5 Å². The Morgan fingerprint density at radius 1 is 0.800 bits per heavy atom. The van der Waals surface area contributed by atoms with E-state index in [1.165, 1.54) is 42.5 Å². The van der Waals surface area contributed by atoms with Crippen LogP contribution in [0, 0.1) is 11.6 Å². The molecule has 1 heterocycles. The van der Waals surface area contributed by atoms with E-state index in [9.17, 15) is 23.2 Å². The number of piperazine rings is 1. The third-order valence-electron chi connectivity index (χ3n) is 7.66. The van der Waals surface area contributed by atoms with E-state index in [0.717, 1.165) is 12.1 Å². The number of nitrogens with one attached hydrogen (secondary N) is 1. The number of rotatable bonds is 10. The predicted molar refractivity (Wildman–Crippen MR) is 165 cm³/mol. The van der Waals surface area contributed by atoms with Crippen molar-refractivity contribution >= 4 is 23.5 Å². The molecular weight excluding hydrogens is 580 g/mol. The molecule has 0 saturated carbocycles. The summed E-state index contributed by atoms with van der Waals surface area (Å²) >= 11 is 0. The van der Waals surface area contributed by atoms with Gasteiger partial charge in [-0.05, 0) is 41.0 Å². The summed E-state index contributed by atoms with van der Waals surface area (Å²) in [5.41, 5.74) is 2.85. The van der Waals surface area contributed by atoms with E-state index in [-0.39, 0.29) is 35.4 Å². The molecule has 5 rings (SSSR count). The Kier molecular flexibility index (Phi) is 10.3. The lowest BCUT2D eigenvalue weighted by molar-refractivity contribution is -0.139. The number of esters is 1. The number of halogens is 2. The van der Waals surface area contributed by atoms with Crippen LogP contribution in [0.4, 0.5) is 14.5 Å². The number of carbonyl (C=O) groups is 3. The Labute approximate surface area is 260 Å². The van der Waals surface area contributed by atoms with Crippen LogP contribution in [0.1, 0.15) is 27.5 Å². The second-order valence-corrected chi connectivity index (χ2v) is 10.6. The first-order chi connectivity index (χ1) is 21.8. The van der Waals surface area contributed by atoms with Gasteiger partial charge in [-0.1, -0.05) is 66.7 Å². The van der Waals surface area contributed by atoms with Crippen molar-refractivity contribution in [3.8, 4) is 11.1 Å². The minimum atomic E-state index is -0.797. The van der Waals surface area contributed by atoms with E-state index in [1.54, 1.807) is 4.90 Å². The maximum absolute atomic E-state index is 14.3. The third-order valence-corrected chi connectivity index (χ3v) is 7.66. The van der Waals surface area contributed by atoms with Crippen LogP contribution in [0.2, 0.25) is 0 Å². The fraction of sp³-hybridized carbons (Fsp3) is 0.229. The van der Waals surface area contributed by atoms with Crippen molar-refractivity contribution in [2.24, 2.45) is 0 Å². The number of nitrogens with zero attached hydrogens (tertiary/aromatic N) is 2. The van der Waals surface area contributed by atoms with Crippen molar-refractivity contribution < 1.29 is 32.6 Å². The number of anilines is 1. The lowest BCUT2D eigenvalue weighted by Crippen LogP contribution is -2.50. The van der Waals surface area contributed by atoms with Crippen LogP contribution < -0.4 is 5.32 Å². The first-order valence-corrected chi connectivity index (χ1v) is 14.5. The molecule has 0 atom stereocenters. The average Bonchev–Trinajstić information content (AvgIpc) is 3.06. The summed E-state index contributed by atoms with van der Waals surface area (Å²) in [4.78, 5) is 42.1. The number of hydrogen-bond donors (Lipinski definition) is 1. The number of ether oxygens (including phenoxy) is 2. The van der Waals surface area contributed by atoms with E-state index in [1.807, 2.05) is 36.4 Å². The van der Waals surface area contributed by atoms with Crippen LogP contribution in [0.3, 0.4) is 0 Å². The van der Waals surface area contributed by atoms with Crippen molar-refractivity contribution in [1.82, 2.24) is 9.80 Å². The fourth-order valence-corrected chi connectivity index (χ4v) is 5.45. The minimum Gasteiger partial charge on any atom is -0.465 e. The second kappa shape index (κ2) is 14.7. The Morgan fingerprint density at radius 3 is 2.04 bits per heavy atom. The Balaban J connectivity index is 1.14. The fourth-order valence-electron chi connectivity index (χ4n) is 5.45. The van der Waals surface area contributed by atoms with Crippen LogP contribution in [-0.4, -0.2) is 74.1 Å². The van der Waals surface area contributed by atoms with Gasteiger partial charge in [0.1, 0.15) is 24.8 Å². The molecule has 1 fully saturated rings. The largest absolute Gasteiger partial charge is 0.465 e. The SMILES string of the molecule is COC(=O)c1cc(-c2ccc(F)cc2F)ccc1NC(=O)COCC(=O)N1CCN(C(c2ccccc2)c2ccccc2)CC1. The highest BCUT2D eigenvalue weighted by Crippen LogP contribution is 2.30. The van der Waals surface area contributed by atoms with Gasteiger partial charge in [0.2, 0.25) is 11.8 Å². The molecule has 0 bridgehead atoms. The molecular formula is C35H33F2N3O5. The molecule has 232 valence electrons. The molecule has 1 N–H and O–H groups in total. The molecule has 0 aromatic heterocycles. The van der Waals surface area contributed by atoms with Crippen LogP contribution in [0.25, 0.3) is 11.1 Å². The topological polar surface area (TPSA) is 88.2 Å². The number of amides is 2. The standard InChI is InChI=1S/C35H33F2N3O5/c1-44-35(43)29-20-26(28-14-13-27(36)21-30(28)37)12-15-31(29)38-32(41)22-45-23-33(42)39-16-18-40(19-17-39)34(24-8-4-2-5-9-24)25-10-6-3-7-11-25/h2-15,20-21,34H,16-19,22-23H2,1H3,(H,38,41). The highest BCUT2D eigenvalue weighted by atomic mass is 19.1. The zero-order valence-corrected chi connectivity index (χ0v) is 24.7. The smallest absolute Gasteiger partial charge is 0.339 e. The van der Waals surface area contributed by atoms with E-state index < -0.39 is 30.1 Å². The molecule has 1 aliphatic rings. The van der Waals surface area contributed by atoms with Gasteiger partial charge in [0.25, 0.3) is 0 Å². The Morgan fingerprint density at radius 2 is 1.44 bits per heavy atom. The number of methoxy groups -OCH3 is 1. The zero-order valence-electron chi connectivity index (χ0n) is 24.7. The van der Waals surface area contributed by atoms with Crippen molar-refractivity contribution in [1.29, 1.82) is 0 Å². The van der Waals surface area contributed by atoms with Gasteiger partial charge < -0.3 is 19.7 Å². The van der Waals surface area contributed by atoms with Gasteiger partial charge in [-0.15, -0.1) is 0 Å². The number of carbonyl (C=O) groups excluding carboxylic acids is 3. The minimum absolute atomic E-state index is 0.0228. The van der Waals surface area contributed by atoms with Crippen LogP contribution in [0.5, 0.6) is 0 Å². The molecule has 0 spiro atoms. The quantitative estimate of drug-likeness (QED) is 0.244. The van der Waals surface area contributed by atoms with Crippen molar-refractivity contribution in [2.75, 3.05) is 51.8 Å². The molecule has 0 radical (unpaired) electrons. The molecule has 45 heavy (non-hydrogen) atoms. The third kappa shape index (κ3) is 7.78. The van der Waals surface area contributed by atoms with Crippen molar-refractivity contribution in [3.63, 3.8) is 0 Å². The van der Waals surface area contributed by atoms with Gasteiger partial charge in [-0.2, -0.15) is 0 Å².